The predicted octanol–water partition coefficient (Wildman–Crippen LogP) is 3.21. The van der Waals surface area contributed by atoms with E-state index in [2.05, 4.69) is 16.3 Å². The highest BCUT2D eigenvalue weighted by atomic mass is 35.5. The van der Waals surface area contributed by atoms with Crippen LogP contribution in [0.1, 0.15) is 6.42 Å². The van der Waals surface area contributed by atoms with Crippen molar-refractivity contribution in [3.63, 3.8) is 0 Å². The van der Waals surface area contributed by atoms with Gasteiger partial charge in [-0.1, -0.05) is 41.1 Å². The molecule has 0 N–H and O–H groups in total. The fourth-order valence-electron chi connectivity index (χ4n) is 1.43. The fraction of sp³-hybridized carbons (Fsp3) is 0.250. The van der Waals surface area contributed by atoms with Crippen molar-refractivity contribution in [1.29, 1.82) is 5.26 Å². The second-order valence-electron chi connectivity index (χ2n) is 3.70. The third-order valence-corrected chi connectivity index (χ3v) is 3.80. The lowest BCUT2D eigenvalue weighted by Gasteiger charge is -2.11. The molecule has 6 heteroatoms. The lowest BCUT2D eigenvalue weighted by molar-refractivity contribution is 0.883. The molecular weight excluding hydrogens is 268 g/mol. The first-order chi connectivity index (χ1) is 8.72. The van der Waals surface area contributed by atoms with Crippen LogP contribution in [0.2, 0.25) is 5.02 Å². The van der Waals surface area contributed by atoms with E-state index in [1.807, 2.05) is 36.2 Å². The molecule has 0 aliphatic rings. The Bertz CT molecular complexity index is 575. The normalized spacial score (nSPS) is 10.1. The molecule has 0 radical (unpaired) electrons. The monoisotopic (exact) mass is 278 g/mol. The third kappa shape index (κ3) is 2.78. The van der Waals surface area contributed by atoms with E-state index in [-0.39, 0.29) is 0 Å². The number of nitrogens with zero attached hydrogens (tertiary/aromatic N) is 4. The molecule has 0 aliphatic carbocycles. The summed E-state index contributed by atoms with van der Waals surface area (Å²) in [5.74, 6) is 0. The Kier molecular flexibility index (Phi) is 4.13. The Morgan fingerprint density at radius 2 is 2.17 bits per heavy atom. The molecule has 0 amide bonds. The van der Waals surface area contributed by atoms with Gasteiger partial charge in [0.2, 0.25) is 5.13 Å². The van der Waals surface area contributed by atoms with Crippen LogP contribution in [0.15, 0.2) is 24.3 Å². The molecule has 0 spiro atoms. The van der Waals surface area contributed by atoms with E-state index in [0.29, 0.717) is 18.0 Å². The highest BCUT2D eigenvalue weighted by molar-refractivity contribution is 7.18. The Balaban J connectivity index is 2.21. The maximum atomic E-state index is 8.55. The van der Waals surface area contributed by atoms with E-state index in [0.717, 1.165) is 15.7 Å². The van der Waals surface area contributed by atoms with Gasteiger partial charge < -0.3 is 4.90 Å². The smallest absolute Gasteiger partial charge is 0.208 e. The van der Waals surface area contributed by atoms with Crippen LogP contribution in [-0.4, -0.2) is 23.8 Å². The first-order valence-electron chi connectivity index (χ1n) is 5.39. The quantitative estimate of drug-likeness (QED) is 0.862. The molecule has 4 nitrogen and oxygen atoms in total. The van der Waals surface area contributed by atoms with Gasteiger partial charge >= 0.3 is 0 Å². The minimum absolute atomic E-state index is 0.470. The molecule has 0 saturated heterocycles. The van der Waals surface area contributed by atoms with Crippen molar-refractivity contribution in [3.8, 4) is 16.6 Å². The molecule has 1 aromatic carbocycles. The molecule has 18 heavy (non-hydrogen) atoms. The number of benzene rings is 1. The van der Waals surface area contributed by atoms with Crippen LogP contribution in [0.4, 0.5) is 5.13 Å². The van der Waals surface area contributed by atoms with Crippen molar-refractivity contribution in [2.24, 2.45) is 0 Å². The molecule has 0 aliphatic heterocycles. The average Bonchev–Trinajstić information content (AvgIpc) is 2.86. The SMILES string of the molecule is CN(CCC#N)c1nnc(-c2ccccc2Cl)s1. The van der Waals surface area contributed by atoms with Gasteiger partial charge in [0.25, 0.3) is 0 Å². The van der Waals surface area contributed by atoms with E-state index in [1.54, 1.807) is 0 Å². The molecular formula is C12H11ClN4S. The zero-order valence-electron chi connectivity index (χ0n) is 9.80. The van der Waals surface area contributed by atoms with Gasteiger partial charge in [-0.15, -0.1) is 10.2 Å². The van der Waals surface area contributed by atoms with Crippen LogP contribution in [0.3, 0.4) is 0 Å². The van der Waals surface area contributed by atoms with Crippen molar-refractivity contribution in [1.82, 2.24) is 10.2 Å². The van der Waals surface area contributed by atoms with Gasteiger partial charge in [-0.05, 0) is 6.07 Å². The second kappa shape index (κ2) is 5.80. The topological polar surface area (TPSA) is 52.8 Å². The summed E-state index contributed by atoms with van der Waals surface area (Å²) in [6.45, 7) is 0.646. The summed E-state index contributed by atoms with van der Waals surface area (Å²) in [4.78, 5) is 1.92. The van der Waals surface area contributed by atoms with Gasteiger partial charge in [0.05, 0.1) is 17.5 Å². The number of rotatable bonds is 4. The molecule has 2 aromatic rings. The van der Waals surface area contributed by atoms with Crippen LogP contribution in [0, 0.1) is 11.3 Å². The van der Waals surface area contributed by atoms with Crippen LogP contribution >= 0.6 is 22.9 Å². The molecule has 0 bridgehead atoms. The highest BCUT2D eigenvalue weighted by Crippen LogP contribution is 2.32. The largest absolute Gasteiger partial charge is 0.349 e. The van der Waals surface area contributed by atoms with Crippen LogP contribution in [-0.2, 0) is 0 Å². The summed E-state index contributed by atoms with van der Waals surface area (Å²) in [6, 6.07) is 9.66. The van der Waals surface area contributed by atoms with Gasteiger partial charge in [-0.2, -0.15) is 5.26 Å². The van der Waals surface area contributed by atoms with Crippen molar-refractivity contribution in [2.75, 3.05) is 18.5 Å². The lowest BCUT2D eigenvalue weighted by Crippen LogP contribution is -2.17. The van der Waals surface area contributed by atoms with Crippen molar-refractivity contribution in [2.45, 2.75) is 6.42 Å². The minimum atomic E-state index is 0.470. The third-order valence-electron chi connectivity index (χ3n) is 2.40. The second-order valence-corrected chi connectivity index (χ2v) is 5.06. The standard InChI is InChI=1S/C12H11ClN4S/c1-17(8-4-7-14)12-16-15-11(18-12)9-5-2-3-6-10(9)13/h2-3,5-6H,4,8H2,1H3. The number of anilines is 1. The number of halogens is 1. The average molecular weight is 279 g/mol. The minimum Gasteiger partial charge on any atom is -0.349 e. The zero-order valence-corrected chi connectivity index (χ0v) is 11.4. The number of aromatic nitrogens is 2. The molecule has 1 heterocycles. The summed E-state index contributed by atoms with van der Waals surface area (Å²) in [6.07, 6.45) is 0.470. The van der Waals surface area contributed by atoms with E-state index in [9.17, 15) is 0 Å². The Hall–Kier alpha value is -1.64. The van der Waals surface area contributed by atoms with E-state index >= 15 is 0 Å². The number of hydrogen-bond acceptors (Lipinski definition) is 5. The Labute approximate surface area is 114 Å². The van der Waals surface area contributed by atoms with Crippen LogP contribution in [0.5, 0.6) is 0 Å². The van der Waals surface area contributed by atoms with Crippen molar-refractivity contribution < 1.29 is 0 Å². The van der Waals surface area contributed by atoms with E-state index < -0.39 is 0 Å². The maximum Gasteiger partial charge on any atom is 0.208 e. The van der Waals surface area contributed by atoms with Crippen LogP contribution < -0.4 is 4.90 Å². The first kappa shape index (κ1) is 12.8. The Morgan fingerprint density at radius 3 is 2.89 bits per heavy atom. The summed E-state index contributed by atoms with van der Waals surface area (Å²) in [5.41, 5.74) is 0.886. The van der Waals surface area contributed by atoms with E-state index in [4.69, 9.17) is 16.9 Å². The van der Waals surface area contributed by atoms with Gasteiger partial charge in [0, 0.05) is 19.2 Å². The summed E-state index contributed by atoms with van der Waals surface area (Å²) >= 11 is 7.58. The lowest BCUT2D eigenvalue weighted by atomic mass is 10.2. The summed E-state index contributed by atoms with van der Waals surface area (Å²) in [7, 11) is 1.90. The molecule has 2 rings (SSSR count). The van der Waals surface area contributed by atoms with Crippen molar-refractivity contribution >= 4 is 28.1 Å². The zero-order chi connectivity index (χ0) is 13.0. The summed E-state index contributed by atoms with van der Waals surface area (Å²) < 4.78 is 0. The maximum absolute atomic E-state index is 8.55. The van der Waals surface area contributed by atoms with Crippen molar-refractivity contribution in [3.05, 3.63) is 29.3 Å². The number of hydrogen-bond donors (Lipinski definition) is 0. The molecule has 92 valence electrons. The van der Waals surface area contributed by atoms with Crippen LogP contribution in [0.25, 0.3) is 10.6 Å². The van der Waals surface area contributed by atoms with Gasteiger partial charge in [-0.3, -0.25) is 0 Å². The molecule has 0 unspecified atom stereocenters. The summed E-state index contributed by atoms with van der Waals surface area (Å²) in [5, 5.41) is 19.1. The molecule has 0 atom stereocenters. The molecule has 1 aromatic heterocycles. The predicted molar refractivity (Wildman–Crippen MR) is 73.9 cm³/mol. The van der Waals surface area contributed by atoms with Gasteiger partial charge in [0.1, 0.15) is 0 Å². The van der Waals surface area contributed by atoms with Gasteiger partial charge in [-0.25, -0.2) is 0 Å². The Morgan fingerprint density at radius 1 is 1.39 bits per heavy atom. The molecule has 0 saturated carbocycles. The molecule has 0 fully saturated rings. The highest BCUT2D eigenvalue weighted by Gasteiger charge is 2.12. The van der Waals surface area contributed by atoms with Gasteiger partial charge in [0.15, 0.2) is 5.01 Å². The first-order valence-corrected chi connectivity index (χ1v) is 6.58. The fourth-order valence-corrected chi connectivity index (χ4v) is 2.58. The van der Waals surface area contributed by atoms with E-state index in [1.165, 1.54) is 11.3 Å². The number of nitriles is 1.